The Labute approximate surface area is 93.2 Å². The Hall–Kier alpha value is -0.120. The van der Waals surface area contributed by atoms with Gasteiger partial charge in [0.25, 0.3) is 0 Å². The van der Waals surface area contributed by atoms with Crippen LogP contribution < -0.4 is 5.32 Å². The number of rotatable bonds is 2. The molecule has 0 radical (unpaired) electrons. The Morgan fingerprint density at radius 3 is 2.80 bits per heavy atom. The third-order valence-corrected chi connectivity index (χ3v) is 3.92. The number of nitrogens with one attached hydrogen (secondary N) is 1. The summed E-state index contributed by atoms with van der Waals surface area (Å²) >= 11 is 0. The molecule has 0 bridgehead atoms. The smallest absolute Gasteiger partial charge is 0.0594 e. The molecule has 88 valence electrons. The van der Waals surface area contributed by atoms with Crippen molar-refractivity contribution in [3.63, 3.8) is 0 Å². The van der Waals surface area contributed by atoms with E-state index >= 15 is 0 Å². The molecule has 2 aliphatic heterocycles. The van der Waals surface area contributed by atoms with Gasteiger partial charge in [0.05, 0.1) is 13.2 Å². The minimum Gasteiger partial charge on any atom is -0.379 e. The van der Waals surface area contributed by atoms with E-state index < -0.39 is 0 Å². The average Bonchev–Trinajstić information content (AvgIpc) is 2.58. The van der Waals surface area contributed by atoms with E-state index in [1.165, 1.54) is 32.4 Å². The van der Waals surface area contributed by atoms with Crippen molar-refractivity contribution in [1.82, 2.24) is 10.2 Å². The van der Waals surface area contributed by atoms with Crippen molar-refractivity contribution in [2.75, 3.05) is 39.4 Å². The van der Waals surface area contributed by atoms with Gasteiger partial charge in [-0.15, -0.1) is 0 Å². The van der Waals surface area contributed by atoms with Gasteiger partial charge in [-0.3, -0.25) is 4.90 Å². The number of hydrogen-bond acceptors (Lipinski definition) is 3. The van der Waals surface area contributed by atoms with E-state index in [0.717, 1.165) is 38.3 Å². The Bertz CT molecular complexity index is 172. The molecule has 0 saturated carbocycles. The van der Waals surface area contributed by atoms with E-state index in [1.807, 2.05) is 0 Å². The maximum Gasteiger partial charge on any atom is 0.0594 e. The summed E-state index contributed by atoms with van der Waals surface area (Å²) in [6, 6.07) is 0.744. The first kappa shape index (κ1) is 11.4. The molecule has 2 heterocycles. The summed E-state index contributed by atoms with van der Waals surface area (Å²) in [6.45, 7) is 8.94. The molecule has 0 aromatic heterocycles. The predicted octanol–water partition coefficient (Wildman–Crippen LogP) is 1.10. The van der Waals surface area contributed by atoms with Crippen molar-refractivity contribution in [2.24, 2.45) is 5.92 Å². The van der Waals surface area contributed by atoms with Gasteiger partial charge in [-0.2, -0.15) is 0 Å². The van der Waals surface area contributed by atoms with Crippen LogP contribution in [0, 0.1) is 5.92 Å². The molecule has 0 amide bonds. The van der Waals surface area contributed by atoms with Gasteiger partial charge in [0.1, 0.15) is 0 Å². The van der Waals surface area contributed by atoms with E-state index in [0.29, 0.717) is 0 Å². The lowest BCUT2D eigenvalue weighted by atomic mass is 9.92. The molecule has 0 aliphatic carbocycles. The molecule has 2 aliphatic rings. The largest absolute Gasteiger partial charge is 0.379 e. The van der Waals surface area contributed by atoms with Crippen molar-refractivity contribution in [3.8, 4) is 0 Å². The van der Waals surface area contributed by atoms with Crippen LogP contribution in [0.5, 0.6) is 0 Å². The van der Waals surface area contributed by atoms with Crippen LogP contribution >= 0.6 is 0 Å². The Kier molecular flexibility index (Phi) is 4.42. The Morgan fingerprint density at radius 1 is 1.20 bits per heavy atom. The summed E-state index contributed by atoms with van der Waals surface area (Å²) < 4.78 is 5.41. The molecule has 3 nitrogen and oxygen atoms in total. The van der Waals surface area contributed by atoms with E-state index in [2.05, 4.69) is 17.1 Å². The highest BCUT2D eigenvalue weighted by Gasteiger charge is 2.25. The fourth-order valence-electron chi connectivity index (χ4n) is 2.81. The second-order valence-electron chi connectivity index (χ2n) is 4.83. The van der Waals surface area contributed by atoms with Crippen LogP contribution in [0.4, 0.5) is 0 Å². The zero-order valence-electron chi connectivity index (χ0n) is 9.87. The minimum atomic E-state index is 0.744. The number of ether oxygens (including phenoxy) is 1. The van der Waals surface area contributed by atoms with Crippen LogP contribution in [-0.2, 0) is 4.74 Å². The third kappa shape index (κ3) is 3.16. The molecule has 1 N–H and O–H groups in total. The molecule has 2 fully saturated rings. The van der Waals surface area contributed by atoms with E-state index in [4.69, 9.17) is 4.74 Å². The summed E-state index contributed by atoms with van der Waals surface area (Å²) in [5.41, 5.74) is 0. The standard InChI is InChI=1S/C12H24N2O/c1-11(14-7-9-15-10-8-14)12-3-2-5-13-6-4-12/h11-13H,2-10H2,1H3. The Morgan fingerprint density at radius 2 is 2.00 bits per heavy atom. The summed E-state index contributed by atoms with van der Waals surface area (Å²) in [6.07, 6.45) is 4.09. The number of morpholine rings is 1. The van der Waals surface area contributed by atoms with E-state index in [-0.39, 0.29) is 0 Å². The van der Waals surface area contributed by atoms with E-state index in [1.54, 1.807) is 0 Å². The molecule has 0 spiro atoms. The van der Waals surface area contributed by atoms with Gasteiger partial charge < -0.3 is 10.1 Å². The topological polar surface area (TPSA) is 24.5 Å². The number of nitrogens with zero attached hydrogens (tertiary/aromatic N) is 1. The first-order valence-electron chi connectivity index (χ1n) is 6.40. The fourth-order valence-corrected chi connectivity index (χ4v) is 2.81. The normalized spacial score (nSPS) is 32.2. The zero-order valence-corrected chi connectivity index (χ0v) is 9.87. The number of hydrogen-bond donors (Lipinski definition) is 1. The van der Waals surface area contributed by atoms with Crippen LogP contribution in [0.1, 0.15) is 26.2 Å². The summed E-state index contributed by atoms with van der Waals surface area (Å²) in [5, 5.41) is 3.49. The first-order chi connectivity index (χ1) is 7.38. The van der Waals surface area contributed by atoms with Gasteiger partial charge in [-0.1, -0.05) is 0 Å². The van der Waals surface area contributed by atoms with Gasteiger partial charge in [0, 0.05) is 19.1 Å². The highest BCUT2D eigenvalue weighted by molar-refractivity contribution is 4.79. The molecule has 2 atom stereocenters. The van der Waals surface area contributed by atoms with Crippen molar-refractivity contribution >= 4 is 0 Å². The third-order valence-electron chi connectivity index (χ3n) is 3.92. The molecule has 2 saturated heterocycles. The molecular weight excluding hydrogens is 188 g/mol. The van der Waals surface area contributed by atoms with Crippen molar-refractivity contribution in [3.05, 3.63) is 0 Å². The molecule has 2 unspecified atom stereocenters. The van der Waals surface area contributed by atoms with Gasteiger partial charge in [-0.05, 0) is 45.2 Å². The summed E-state index contributed by atoms with van der Waals surface area (Å²) in [7, 11) is 0. The van der Waals surface area contributed by atoms with Gasteiger partial charge >= 0.3 is 0 Å². The minimum absolute atomic E-state index is 0.744. The fraction of sp³-hybridized carbons (Fsp3) is 1.00. The molecule has 0 aromatic carbocycles. The SMILES string of the molecule is CC(C1CCCNCC1)N1CCOCC1. The van der Waals surface area contributed by atoms with Gasteiger partial charge in [0.2, 0.25) is 0 Å². The van der Waals surface area contributed by atoms with Crippen molar-refractivity contribution in [1.29, 1.82) is 0 Å². The lowest BCUT2D eigenvalue weighted by molar-refractivity contribution is 0.00589. The van der Waals surface area contributed by atoms with Crippen molar-refractivity contribution < 1.29 is 4.74 Å². The van der Waals surface area contributed by atoms with Crippen LogP contribution in [0.2, 0.25) is 0 Å². The molecular formula is C12H24N2O. The maximum absolute atomic E-state index is 5.41. The summed E-state index contributed by atoms with van der Waals surface area (Å²) in [4.78, 5) is 2.61. The predicted molar refractivity (Wildman–Crippen MR) is 62.1 cm³/mol. The highest BCUT2D eigenvalue weighted by Crippen LogP contribution is 2.22. The first-order valence-corrected chi connectivity index (χ1v) is 6.40. The van der Waals surface area contributed by atoms with Crippen LogP contribution in [-0.4, -0.2) is 50.3 Å². The second-order valence-corrected chi connectivity index (χ2v) is 4.83. The van der Waals surface area contributed by atoms with E-state index in [9.17, 15) is 0 Å². The lowest BCUT2D eigenvalue weighted by Gasteiger charge is -2.36. The monoisotopic (exact) mass is 212 g/mol. The molecule has 2 rings (SSSR count). The van der Waals surface area contributed by atoms with Crippen LogP contribution in [0.25, 0.3) is 0 Å². The van der Waals surface area contributed by atoms with Crippen molar-refractivity contribution in [2.45, 2.75) is 32.2 Å². The quantitative estimate of drug-likeness (QED) is 0.742. The second kappa shape index (κ2) is 5.83. The van der Waals surface area contributed by atoms with Gasteiger partial charge in [0.15, 0.2) is 0 Å². The van der Waals surface area contributed by atoms with Crippen LogP contribution in [0.15, 0.2) is 0 Å². The molecule has 0 aromatic rings. The Balaban J connectivity index is 1.83. The molecule has 15 heavy (non-hydrogen) atoms. The summed E-state index contributed by atoms with van der Waals surface area (Å²) in [5.74, 6) is 0.887. The maximum atomic E-state index is 5.41. The highest BCUT2D eigenvalue weighted by atomic mass is 16.5. The average molecular weight is 212 g/mol. The zero-order chi connectivity index (χ0) is 10.5. The van der Waals surface area contributed by atoms with Gasteiger partial charge in [-0.25, -0.2) is 0 Å². The lowest BCUT2D eigenvalue weighted by Crippen LogP contribution is -2.45. The molecule has 3 heteroatoms. The van der Waals surface area contributed by atoms with Crippen LogP contribution in [0.3, 0.4) is 0 Å².